The zero-order valence-corrected chi connectivity index (χ0v) is 11.0. The minimum absolute atomic E-state index is 0.506. The Bertz CT molecular complexity index is 715. The number of imidazole rings is 1. The van der Waals surface area contributed by atoms with Gasteiger partial charge in [-0.15, -0.1) is 0 Å². The predicted octanol–water partition coefficient (Wildman–Crippen LogP) is 3.02. The molecule has 0 atom stereocenters. The fourth-order valence-corrected chi connectivity index (χ4v) is 2.56. The van der Waals surface area contributed by atoms with Gasteiger partial charge in [0.1, 0.15) is 5.65 Å². The van der Waals surface area contributed by atoms with Gasteiger partial charge in [0.15, 0.2) is 0 Å². The van der Waals surface area contributed by atoms with Crippen LogP contribution in [0.4, 0.5) is 0 Å². The van der Waals surface area contributed by atoms with Crippen LogP contribution in [0.15, 0.2) is 34.9 Å². The molecule has 3 rings (SSSR count). The van der Waals surface area contributed by atoms with Crippen LogP contribution in [0.2, 0.25) is 0 Å². The Morgan fingerprint density at radius 3 is 2.94 bits per heavy atom. The molecule has 0 aliphatic carbocycles. The summed E-state index contributed by atoms with van der Waals surface area (Å²) in [5.41, 5.74) is 8.81. The van der Waals surface area contributed by atoms with E-state index in [2.05, 4.69) is 43.5 Å². The Labute approximate surface area is 107 Å². The first-order valence-electron chi connectivity index (χ1n) is 5.46. The van der Waals surface area contributed by atoms with E-state index in [0.717, 1.165) is 26.9 Å². The number of pyridine rings is 1. The van der Waals surface area contributed by atoms with Crippen molar-refractivity contribution in [3.8, 4) is 0 Å². The summed E-state index contributed by atoms with van der Waals surface area (Å²) in [4.78, 5) is 4.62. The standard InChI is InChI=1S/C13H12BrN3/c1-8-12(7-15)17-5-4-9-2-3-10(14)6-11(9)13(17)16-8/h2-6H,7,15H2,1H3. The average Bonchev–Trinajstić information content (AvgIpc) is 2.65. The van der Waals surface area contributed by atoms with E-state index in [1.54, 1.807) is 0 Å². The van der Waals surface area contributed by atoms with Crippen molar-refractivity contribution in [3.05, 3.63) is 46.3 Å². The van der Waals surface area contributed by atoms with Crippen molar-refractivity contribution in [2.75, 3.05) is 0 Å². The fourth-order valence-electron chi connectivity index (χ4n) is 2.20. The molecule has 0 saturated heterocycles. The Morgan fingerprint density at radius 2 is 2.18 bits per heavy atom. The third-order valence-corrected chi connectivity index (χ3v) is 3.56. The van der Waals surface area contributed by atoms with Crippen LogP contribution in [0.5, 0.6) is 0 Å². The molecule has 0 unspecified atom stereocenters. The van der Waals surface area contributed by atoms with E-state index in [9.17, 15) is 0 Å². The Hall–Kier alpha value is -1.39. The quantitative estimate of drug-likeness (QED) is 0.748. The zero-order valence-electron chi connectivity index (χ0n) is 9.44. The molecule has 0 radical (unpaired) electrons. The van der Waals surface area contributed by atoms with Gasteiger partial charge in [-0.3, -0.25) is 0 Å². The Balaban J connectivity index is 2.51. The number of aryl methyl sites for hydroxylation is 1. The summed E-state index contributed by atoms with van der Waals surface area (Å²) in [7, 11) is 0. The molecular formula is C13H12BrN3. The second kappa shape index (κ2) is 3.82. The second-order valence-corrected chi connectivity index (χ2v) is 5.00. The lowest BCUT2D eigenvalue weighted by Gasteiger charge is -2.03. The van der Waals surface area contributed by atoms with E-state index in [0.29, 0.717) is 6.54 Å². The highest BCUT2D eigenvalue weighted by molar-refractivity contribution is 9.10. The minimum Gasteiger partial charge on any atom is -0.325 e. The first-order valence-corrected chi connectivity index (χ1v) is 6.26. The summed E-state index contributed by atoms with van der Waals surface area (Å²) in [6, 6.07) is 8.32. The normalized spacial score (nSPS) is 11.5. The van der Waals surface area contributed by atoms with E-state index in [4.69, 9.17) is 5.73 Å². The number of hydrogen-bond acceptors (Lipinski definition) is 2. The molecule has 0 saturated carbocycles. The number of nitrogens with two attached hydrogens (primary N) is 1. The molecule has 17 heavy (non-hydrogen) atoms. The maximum Gasteiger partial charge on any atom is 0.145 e. The average molecular weight is 290 g/mol. The Kier molecular flexibility index (Phi) is 2.42. The van der Waals surface area contributed by atoms with Gasteiger partial charge in [0.25, 0.3) is 0 Å². The van der Waals surface area contributed by atoms with Gasteiger partial charge in [0.2, 0.25) is 0 Å². The lowest BCUT2D eigenvalue weighted by Crippen LogP contribution is -2.02. The SMILES string of the molecule is Cc1nc2c3cc(Br)ccc3ccn2c1CN. The number of rotatable bonds is 1. The molecular weight excluding hydrogens is 278 g/mol. The molecule has 0 amide bonds. The van der Waals surface area contributed by atoms with Crippen LogP contribution in [0.1, 0.15) is 11.4 Å². The number of fused-ring (bicyclic) bond motifs is 3. The third-order valence-electron chi connectivity index (χ3n) is 3.06. The van der Waals surface area contributed by atoms with Gasteiger partial charge < -0.3 is 10.1 Å². The summed E-state index contributed by atoms with van der Waals surface area (Å²) < 4.78 is 3.14. The number of aromatic nitrogens is 2. The molecule has 4 heteroatoms. The maximum atomic E-state index is 5.77. The lowest BCUT2D eigenvalue weighted by atomic mass is 10.2. The van der Waals surface area contributed by atoms with Crippen molar-refractivity contribution >= 4 is 32.3 Å². The lowest BCUT2D eigenvalue weighted by molar-refractivity contribution is 0.946. The molecule has 86 valence electrons. The maximum absolute atomic E-state index is 5.77. The highest BCUT2D eigenvalue weighted by Gasteiger charge is 2.09. The molecule has 2 heterocycles. The zero-order chi connectivity index (χ0) is 12.0. The van der Waals surface area contributed by atoms with Gasteiger partial charge >= 0.3 is 0 Å². The summed E-state index contributed by atoms with van der Waals surface area (Å²) >= 11 is 3.50. The van der Waals surface area contributed by atoms with Crippen molar-refractivity contribution in [3.63, 3.8) is 0 Å². The van der Waals surface area contributed by atoms with Gasteiger partial charge in [0.05, 0.1) is 11.4 Å². The van der Waals surface area contributed by atoms with Crippen LogP contribution in [-0.2, 0) is 6.54 Å². The van der Waals surface area contributed by atoms with Crippen molar-refractivity contribution in [2.45, 2.75) is 13.5 Å². The first-order chi connectivity index (χ1) is 8.20. The van der Waals surface area contributed by atoms with Crippen molar-refractivity contribution in [1.82, 2.24) is 9.38 Å². The highest BCUT2D eigenvalue weighted by atomic mass is 79.9. The summed E-state index contributed by atoms with van der Waals surface area (Å²) in [5, 5.41) is 2.33. The topological polar surface area (TPSA) is 43.3 Å². The summed E-state index contributed by atoms with van der Waals surface area (Å²) in [6.45, 7) is 2.51. The number of halogens is 1. The second-order valence-electron chi connectivity index (χ2n) is 4.09. The molecule has 3 aromatic rings. The molecule has 2 aromatic heterocycles. The first kappa shape index (κ1) is 10.7. The van der Waals surface area contributed by atoms with Crippen LogP contribution < -0.4 is 5.73 Å². The van der Waals surface area contributed by atoms with Crippen LogP contribution in [0.3, 0.4) is 0 Å². The number of hydrogen-bond donors (Lipinski definition) is 1. The number of benzene rings is 1. The molecule has 2 N–H and O–H groups in total. The van der Waals surface area contributed by atoms with Gasteiger partial charge in [-0.05, 0) is 30.5 Å². The van der Waals surface area contributed by atoms with Crippen molar-refractivity contribution in [2.24, 2.45) is 5.73 Å². The largest absolute Gasteiger partial charge is 0.325 e. The summed E-state index contributed by atoms with van der Waals surface area (Å²) in [6.07, 6.45) is 2.04. The smallest absolute Gasteiger partial charge is 0.145 e. The number of nitrogens with zero attached hydrogens (tertiary/aromatic N) is 2. The fraction of sp³-hybridized carbons (Fsp3) is 0.154. The highest BCUT2D eigenvalue weighted by Crippen LogP contribution is 2.25. The molecule has 0 fully saturated rings. The van der Waals surface area contributed by atoms with Crippen molar-refractivity contribution in [1.29, 1.82) is 0 Å². The van der Waals surface area contributed by atoms with Crippen LogP contribution >= 0.6 is 15.9 Å². The minimum atomic E-state index is 0.506. The van der Waals surface area contributed by atoms with E-state index in [1.165, 1.54) is 5.39 Å². The van der Waals surface area contributed by atoms with Gasteiger partial charge in [-0.25, -0.2) is 4.98 Å². The molecule has 0 aliphatic rings. The van der Waals surface area contributed by atoms with E-state index >= 15 is 0 Å². The van der Waals surface area contributed by atoms with Gasteiger partial charge in [0, 0.05) is 22.6 Å². The predicted molar refractivity (Wildman–Crippen MR) is 73.0 cm³/mol. The monoisotopic (exact) mass is 289 g/mol. The van der Waals surface area contributed by atoms with Crippen molar-refractivity contribution < 1.29 is 0 Å². The molecule has 3 nitrogen and oxygen atoms in total. The molecule has 0 bridgehead atoms. The van der Waals surface area contributed by atoms with E-state index in [-0.39, 0.29) is 0 Å². The van der Waals surface area contributed by atoms with E-state index < -0.39 is 0 Å². The van der Waals surface area contributed by atoms with Crippen LogP contribution in [-0.4, -0.2) is 9.38 Å². The van der Waals surface area contributed by atoms with Gasteiger partial charge in [-0.1, -0.05) is 22.0 Å². The Morgan fingerprint density at radius 1 is 1.35 bits per heavy atom. The summed E-state index contributed by atoms with van der Waals surface area (Å²) in [5.74, 6) is 0. The van der Waals surface area contributed by atoms with Crippen LogP contribution in [0.25, 0.3) is 16.4 Å². The van der Waals surface area contributed by atoms with E-state index in [1.807, 2.05) is 19.2 Å². The van der Waals surface area contributed by atoms with Crippen LogP contribution in [0, 0.1) is 6.92 Å². The molecule has 0 aliphatic heterocycles. The van der Waals surface area contributed by atoms with Gasteiger partial charge in [-0.2, -0.15) is 0 Å². The third kappa shape index (κ3) is 1.56. The molecule has 0 spiro atoms. The molecule has 1 aromatic carbocycles.